The number of rotatable bonds is 6. The Labute approximate surface area is 208 Å². The van der Waals surface area contributed by atoms with Crippen LogP contribution < -0.4 is 10.5 Å². The van der Waals surface area contributed by atoms with Gasteiger partial charge in [0.15, 0.2) is 11.5 Å². The van der Waals surface area contributed by atoms with Crippen molar-refractivity contribution in [3.05, 3.63) is 41.7 Å². The topological polar surface area (TPSA) is 96.9 Å². The van der Waals surface area contributed by atoms with E-state index < -0.39 is 5.60 Å². The lowest BCUT2D eigenvalue weighted by Crippen LogP contribution is -2.41. The molecule has 1 saturated carbocycles. The fraction of sp³-hybridized carbons (Fsp3) is 0.607. The fourth-order valence-electron chi connectivity index (χ4n) is 6.10. The molecule has 7 heteroatoms. The summed E-state index contributed by atoms with van der Waals surface area (Å²) in [6, 6.07) is 8.89. The van der Waals surface area contributed by atoms with Gasteiger partial charge in [-0.3, -0.25) is 0 Å². The monoisotopic (exact) mass is 477 g/mol. The third-order valence-corrected chi connectivity index (χ3v) is 8.23. The molecule has 0 atom stereocenters. The van der Waals surface area contributed by atoms with E-state index in [2.05, 4.69) is 39.1 Å². The number of aliphatic hydroxyl groups excluding tert-OH is 1. The highest BCUT2D eigenvalue weighted by Crippen LogP contribution is 2.40. The Kier molecular flexibility index (Phi) is 7.07. The second-order valence-corrected chi connectivity index (χ2v) is 11.1. The maximum absolute atomic E-state index is 9.18. The van der Waals surface area contributed by atoms with E-state index in [-0.39, 0.29) is 0 Å². The van der Waals surface area contributed by atoms with Gasteiger partial charge in [-0.05, 0) is 95.2 Å². The molecule has 1 saturated heterocycles. The molecule has 0 amide bonds. The molecule has 3 aliphatic rings. The molecule has 35 heavy (non-hydrogen) atoms. The average molecular weight is 478 g/mol. The lowest BCUT2D eigenvalue weighted by atomic mass is 9.78. The molecule has 1 aliphatic carbocycles. The number of aliphatic imine (C=N–C) groups is 1. The first-order valence-corrected chi connectivity index (χ1v) is 13.2. The van der Waals surface area contributed by atoms with Crippen LogP contribution in [0.1, 0.15) is 75.8 Å². The van der Waals surface area contributed by atoms with E-state index in [0.29, 0.717) is 29.9 Å². The molecular weight excluding hydrogens is 438 g/mol. The first-order chi connectivity index (χ1) is 16.9. The Morgan fingerprint density at radius 3 is 2.40 bits per heavy atom. The molecular formula is C28H39N5O2. The Morgan fingerprint density at radius 1 is 1.00 bits per heavy atom. The highest BCUT2D eigenvalue weighted by molar-refractivity contribution is 6.09. The summed E-state index contributed by atoms with van der Waals surface area (Å²) < 4.78 is 6.13. The van der Waals surface area contributed by atoms with Crippen molar-refractivity contribution in [3.8, 4) is 5.88 Å². The quantitative estimate of drug-likeness (QED) is 0.625. The van der Waals surface area contributed by atoms with E-state index in [0.717, 1.165) is 29.5 Å². The first-order valence-electron chi connectivity index (χ1n) is 13.2. The summed E-state index contributed by atoms with van der Waals surface area (Å²) in [5, 5.41) is 9.18. The van der Waals surface area contributed by atoms with Crippen molar-refractivity contribution in [2.45, 2.75) is 70.3 Å². The SMILES string of the molecule is CC1(C)Oc2ncnc(N)c2N=C1c1ccc([C@H]2CC[C@H](CN3CCC(CCO)CC3)CC2)cc1. The fourth-order valence-corrected chi connectivity index (χ4v) is 6.10. The zero-order valence-electron chi connectivity index (χ0n) is 21.1. The van der Waals surface area contributed by atoms with Crippen molar-refractivity contribution < 1.29 is 9.84 Å². The van der Waals surface area contributed by atoms with Crippen LogP contribution in [0.2, 0.25) is 0 Å². The number of fused-ring (bicyclic) bond motifs is 1. The number of anilines is 1. The number of aromatic nitrogens is 2. The van der Waals surface area contributed by atoms with Gasteiger partial charge in [0, 0.05) is 18.7 Å². The number of hydrogen-bond donors (Lipinski definition) is 2. The van der Waals surface area contributed by atoms with Crippen molar-refractivity contribution in [1.29, 1.82) is 0 Å². The summed E-state index contributed by atoms with van der Waals surface area (Å²) in [6.45, 7) is 8.03. The van der Waals surface area contributed by atoms with Gasteiger partial charge in [0.25, 0.3) is 0 Å². The second-order valence-electron chi connectivity index (χ2n) is 11.1. The highest BCUT2D eigenvalue weighted by Gasteiger charge is 2.35. The van der Waals surface area contributed by atoms with E-state index in [1.54, 1.807) is 0 Å². The molecule has 188 valence electrons. The minimum Gasteiger partial charge on any atom is -0.463 e. The molecule has 0 bridgehead atoms. The normalized spacial score (nSPS) is 24.9. The molecule has 0 unspecified atom stereocenters. The Bertz CT molecular complexity index is 1040. The number of nitrogen functional groups attached to an aromatic ring is 1. The third kappa shape index (κ3) is 5.36. The van der Waals surface area contributed by atoms with E-state index in [1.807, 2.05) is 13.8 Å². The number of likely N-dealkylation sites (tertiary alicyclic amines) is 1. The molecule has 1 aromatic heterocycles. The molecule has 3 N–H and O–H groups in total. The Balaban J connectivity index is 1.19. The highest BCUT2D eigenvalue weighted by atomic mass is 16.5. The van der Waals surface area contributed by atoms with Gasteiger partial charge in [0.05, 0.1) is 5.71 Å². The van der Waals surface area contributed by atoms with Crippen LogP contribution in [0.5, 0.6) is 5.88 Å². The average Bonchev–Trinajstić information content (AvgIpc) is 2.85. The molecule has 1 aromatic carbocycles. The van der Waals surface area contributed by atoms with Gasteiger partial charge < -0.3 is 20.5 Å². The van der Waals surface area contributed by atoms with Crippen LogP contribution in [0.15, 0.2) is 35.6 Å². The predicted octanol–water partition coefficient (Wildman–Crippen LogP) is 4.72. The summed E-state index contributed by atoms with van der Waals surface area (Å²) in [7, 11) is 0. The largest absolute Gasteiger partial charge is 0.463 e. The van der Waals surface area contributed by atoms with Crippen LogP contribution in [0.3, 0.4) is 0 Å². The minimum absolute atomic E-state index is 0.339. The van der Waals surface area contributed by atoms with Crippen molar-refractivity contribution in [3.63, 3.8) is 0 Å². The molecule has 0 radical (unpaired) electrons. The molecule has 0 spiro atoms. The van der Waals surface area contributed by atoms with Crippen LogP contribution in [-0.2, 0) is 0 Å². The number of hydrogen-bond acceptors (Lipinski definition) is 7. The molecule has 3 heterocycles. The van der Waals surface area contributed by atoms with Gasteiger partial charge in [-0.2, -0.15) is 4.98 Å². The van der Waals surface area contributed by atoms with Crippen molar-refractivity contribution in [1.82, 2.24) is 14.9 Å². The number of nitrogens with zero attached hydrogens (tertiary/aromatic N) is 4. The van der Waals surface area contributed by atoms with Crippen molar-refractivity contribution in [2.75, 3.05) is 32.0 Å². The number of nitrogens with two attached hydrogens (primary N) is 1. The number of ether oxygens (including phenoxy) is 1. The summed E-state index contributed by atoms with van der Waals surface area (Å²) in [5.74, 6) is 2.97. The van der Waals surface area contributed by atoms with Crippen LogP contribution in [0.4, 0.5) is 11.5 Å². The van der Waals surface area contributed by atoms with Crippen LogP contribution in [0.25, 0.3) is 0 Å². The number of aliphatic hydroxyl groups is 1. The Hall–Kier alpha value is -2.51. The second kappa shape index (κ2) is 10.2. The predicted molar refractivity (Wildman–Crippen MR) is 139 cm³/mol. The zero-order valence-corrected chi connectivity index (χ0v) is 21.1. The summed E-state index contributed by atoms with van der Waals surface area (Å²) in [6.07, 6.45) is 10.0. The molecule has 2 fully saturated rings. The molecule has 2 aromatic rings. The zero-order chi connectivity index (χ0) is 24.4. The summed E-state index contributed by atoms with van der Waals surface area (Å²) >= 11 is 0. The maximum Gasteiger partial charge on any atom is 0.246 e. The van der Waals surface area contributed by atoms with Gasteiger partial charge in [-0.1, -0.05) is 24.3 Å². The summed E-state index contributed by atoms with van der Waals surface area (Å²) in [5.41, 5.74) is 9.27. The van der Waals surface area contributed by atoms with Crippen LogP contribution in [0, 0.1) is 11.8 Å². The van der Waals surface area contributed by atoms with Crippen LogP contribution >= 0.6 is 0 Å². The number of piperidine rings is 1. The molecule has 2 aliphatic heterocycles. The Morgan fingerprint density at radius 2 is 1.71 bits per heavy atom. The molecule has 5 rings (SSSR count). The number of benzene rings is 1. The lowest BCUT2D eigenvalue weighted by molar-refractivity contribution is 0.129. The maximum atomic E-state index is 9.18. The van der Waals surface area contributed by atoms with E-state index >= 15 is 0 Å². The van der Waals surface area contributed by atoms with Crippen molar-refractivity contribution in [2.24, 2.45) is 16.8 Å². The molecule has 7 nitrogen and oxygen atoms in total. The van der Waals surface area contributed by atoms with Crippen molar-refractivity contribution >= 4 is 17.2 Å². The first kappa shape index (κ1) is 24.2. The lowest BCUT2D eigenvalue weighted by Gasteiger charge is -2.36. The standard InChI is InChI=1S/C28H39N5O2/c1-28(2)25(32-24-26(29)30-18-31-27(24)35-28)23-9-7-22(8-10-23)21-5-3-20(4-6-21)17-33-14-11-19(12-15-33)13-16-34/h7-10,18-21,34H,3-6,11-17H2,1-2H3,(H2,29,30,31)/t20-,21-. The smallest absolute Gasteiger partial charge is 0.246 e. The van der Waals surface area contributed by atoms with Gasteiger partial charge in [0.1, 0.15) is 11.9 Å². The van der Waals surface area contributed by atoms with Gasteiger partial charge in [-0.15, -0.1) is 0 Å². The van der Waals surface area contributed by atoms with E-state index in [9.17, 15) is 5.11 Å². The summed E-state index contributed by atoms with van der Waals surface area (Å²) in [4.78, 5) is 15.7. The van der Waals surface area contributed by atoms with E-state index in [4.69, 9.17) is 15.5 Å². The van der Waals surface area contributed by atoms with Gasteiger partial charge >= 0.3 is 0 Å². The van der Waals surface area contributed by atoms with E-state index in [1.165, 1.54) is 70.0 Å². The third-order valence-electron chi connectivity index (χ3n) is 8.23. The van der Waals surface area contributed by atoms with Crippen LogP contribution in [-0.4, -0.2) is 57.5 Å². The minimum atomic E-state index is -0.597. The van der Waals surface area contributed by atoms with Gasteiger partial charge in [0.2, 0.25) is 5.88 Å². The van der Waals surface area contributed by atoms with Gasteiger partial charge in [-0.25, -0.2) is 9.98 Å².